The topological polar surface area (TPSA) is 74.8 Å². The highest BCUT2D eigenvalue weighted by molar-refractivity contribution is 5.81. The third-order valence-corrected chi connectivity index (χ3v) is 5.84. The van der Waals surface area contributed by atoms with Crippen LogP contribution in [0.25, 0.3) is 22.4 Å². The predicted molar refractivity (Wildman–Crippen MR) is 119 cm³/mol. The standard InChI is InChI=1S/C24H25N5O2/c1-15-10-18(13-28(3)24(15)30)23-27-20-12-26-22(31-14-17-7-8-17)11-21(20)29(23)16(2)19-6-4-5-9-25-19/h4-6,9-13,16-17H,7-8,14H2,1-3H3. The molecule has 5 rings (SSSR count). The number of pyridine rings is 3. The Hall–Kier alpha value is -3.48. The van der Waals surface area contributed by atoms with Crippen LogP contribution in [0, 0.1) is 12.8 Å². The van der Waals surface area contributed by atoms with E-state index >= 15 is 0 Å². The lowest BCUT2D eigenvalue weighted by Gasteiger charge is -2.18. The second-order valence-corrected chi connectivity index (χ2v) is 8.33. The summed E-state index contributed by atoms with van der Waals surface area (Å²) in [6.07, 6.45) is 7.85. The van der Waals surface area contributed by atoms with Crippen molar-refractivity contribution in [1.29, 1.82) is 0 Å². The Balaban J connectivity index is 1.69. The second-order valence-electron chi connectivity index (χ2n) is 8.33. The molecule has 1 saturated carbocycles. The average Bonchev–Trinajstić information content (AvgIpc) is 3.54. The quantitative estimate of drug-likeness (QED) is 0.477. The van der Waals surface area contributed by atoms with Gasteiger partial charge in [0.2, 0.25) is 5.88 Å². The molecule has 0 spiro atoms. The summed E-state index contributed by atoms with van der Waals surface area (Å²) in [6.45, 7) is 4.63. The predicted octanol–water partition coefficient (Wildman–Crippen LogP) is 3.90. The Kier molecular flexibility index (Phi) is 4.81. The summed E-state index contributed by atoms with van der Waals surface area (Å²) in [6, 6.07) is 9.69. The number of nitrogens with zero attached hydrogens (tertiary/aromatic N) is 5. The number of ether oxygens (including phenoxy) is 1. The van der Waals surface area contributed by atoms with Crippen molar-refractivity contribution in [3.05, 3.63) is 70.5 Å². The number of imidazole rings is 1. The molecule has 4 heterocycles. The molecular formula is C24H25N5O2. The van der Waals surface area contributed by atoms with E-state index in [0.29, 0.717) is 24.0 Å². The van der Waals surface area contributed by atoms with Gasteiger partial charge < -0.3 is 13.9 Å². The Morgan fingerprint density at radius 1 is 1.23 bits per heavy atom. The highest BCUT2D eigenvalue weighted by Crippen LogP contribution is 2.33. The Morgan fingerprint density at radius 3 is 2.77 bits per heavy atom. The van der Waals surface area contributed by atoms with Crippen LogP contribution >= 0.6 is 0 Å². The van der Waals surface area contributed by atoms with Crippen molar-refractivity contribution >= 4 is 11.0 Å². The van der Waals surface area contributed by atoms with Crippen molar-refractivity contribution in [2.75, 3.05) is 6.61 Å². The Morgan fingerprint density at radius 2 is 2.06 bits per heavy atom. The molecule has 158 valence electrons. The third kappa shape index (κ3) is 3.71. The van der Waals surface area contributed by atoms with Crippen molar-refractivity contribution in [1.82, 2.24) is 24.1 Å². The molecule has 0 aliphatic heterocycles. The minimum Gasteiger partial charge on any atom is -0.477 e. The van der Waals surface area contributed by atoms with E-state index in [4.69, 9.17) is 9.72 Å². The lowest BCUT2D eigenvalue weighted by molar-refractivity contribution is 0.289. The van der Waals surface area contributed by atoms with Gasteiger partial charge in [-0.2, -0.15) is 0 Å². The molecule has 0 saturated heterocycles. The molecule has 4 aromatic heterocycles. The van der Waals surface area contributed by atoms with Gasteiger partial charge in [0.1, 0.15) is 11.3 Å². The summed E-state index contributed by atoms with van der Waals surface area (Å²) in [5, 5.41) is 0. The normalized spacial score (nSPS) is 14.7. The van der Waals surface area contributed by atoms with Crippen LogP contribution in [0.15, 0.2) is 53.7 Å². The van der Waals surface area contributed by atoms with Crippen LogP contribution in [0.2, 0.25) is 0 Å². The van der Waals surface area contributed by atoms with Crippen LogP contribution in [-0.2, 0) is 7.05 Å². The third-order valence-electron chi connectivity index (χ3n) is 5.84. The molecule has 7 heteroatoms. The number of rotatable bonds is 6. The highest BCUT2D eigenvalue weighted by Gasteiger charge is 2.24. The molecule has 1 atom stereocenters. The Labute approximate surface area is 180 Å². The minimum atomic E-state index is -0.0718. The van der Waals surface area contributed by atoms with Crippen molar-refractivity contribution < 1.29 is 4.74 Å². The van der Waals surface area contributed by atoms with E-state index in [1.165, 1.54) is 12.8 Å². The number of fused-ring (bicyclic) bond motifs is 1. The Bertz CT molecular complexity index is 1280. The molecule has 0 amide bonds. The van der Waals surface area contributed by atoms with Crippen LogP contribution in [0.4, 0.5) is 0 Å². The van der Waals surface area contributed by atoms with Crippen LogP contribution in [0.1, 0.15) is 37.1 Å². The number of aryl methyl sites for hydroxylation is 2. The first-order chi connectivity index (χ1) is 15.0. The summed E-state index contributed by atoms with van der Waals surface area (Å²) in [7, 11) is 1.76. The maximum atomic E-state index is 12.2. The zero-order valence-electron chi connectivity index (χ0n) is 17.9. The molecule has 1 unspecified atom stereocenters. The van der Waals surface area contributed by atoms with Gasteiger partial charge in [-0.25, -0.2) is 9.97 Å². The average molecular weight is 415 g/mol. The molecule has 31 heavy (non-hydrogen) atoms. The van der Waals surface area contributed by atoms with Crippen LogP contribution in [0.3, 0.4) is 0 Å². The largest absolute Gasteiger partial charge is 0.477 e. The van der Waals surface area contributed by atoms with Gasteiger partial charge >= 0.3 is 0 Å². The zero-order chi connectivity index (χ0) is 21.5. The first kappa shape index (κ1) is 19.5. The molecule has 4 aromatic rings. The molecule has 1 aliphatic carbocycles. The van der Waals surface area contributed by atoms with Crippen LogP contribution in [0.5, 0.6) is 5.88 Å². The van der Waals surface area contributed by atoms with Gasteiger partial charge in [-0.05, 0) is 50.8 Å². The second kappa shape index (κ2) is 7.65. The fraction of sp³-hybridized carbons (Fsp3) is 0.333. The van der Waals surface area contributed by atoms with Crippen molar-refractivity contribution in [3.63, 3.8) is 0 Å². The smallest absolute Gasteiger partial charge is 0.253 e. The van der Waals surface area contributed by atoms with E-state index in [0.717, 1.165) is 28.1 Å². The molecule has 7 nitrogen and oxygen atoms in total. The van der Waals surface area contributed by atoms with Gasteiger partial charge in [0.25, 0.3) is 5.56 Å². The summed E-state index contributed by atoms with van der Waals surface area (Å²) < 4.78 is 9.69. The maximum Gasteiger partial charge on any atom is 0.253 e. The highest BCUT2D eigenvalue weighted by atomic mass is 16.5. The molecule has 0 aromatic carbocycles. The summed E-state index contributed by atoms with van der Waals surface area (Å²) in [4.78, 5) is 26.2. The number of aromatic nitrogens is 5. The summed E-state index contributed by atoms with van der Waals surface area (Å²) >= 11 is 0. The lowest BCUT2D eigenvalue weighted by atomic mass is 10.1. The first-order valence-electron chi connectivity index (χ1n) is 10.6. The maximum absolute atomic E-state index is 12.2. The van der Waals surface area contributed by atoms with Gasteiger partial charge in [-0.15, -0.1) is 0 Å². The summed E-state index contributed by atoms with van der Waals surface area (Å²) in [5.74, 6) is 2.03. The zero-order valence-corrected chi connectivity index (χ0v) is 17.9. The fourth-order valence-corrected chi connectivity index (χ4v) is 3.90. The molecule has 0 radical (unpaired) electrons. The molecule has 1 fully saturated rings. The lowest BCUT2D eigenvalue weighted by Crippen LogP contribution is -2.19. The van der Waals surface area contributed by atoms with Crippen molar-refractivity contribution in [2.45, 2.75) is 32.7 Å². The van der Waals surface area contributed by atoms with Crippen LogP contribution in [-0.4, -0.2) is 30.7 Å². The van der Waals surface area contributed by atoms with Gasteiger partial charge in [-0.3, -0.25) is 9.78 Å². The summed E-state index contributed by atoms with van der Waals surface area (Å²) in [5.41, 5.74) is 4.18. The molecule has 1 aliphatic rings. The van der Waals surface area contributed by atoms with Crippen molar-refractivity contribution in [3.8, 4) is 17.3 Å². The van der Waals surface area contributed by atoms with Crippen molar-refractivity contribution in [2.24, 2.45) is 13.0 Å². The molecule has 0 N–H and O–H groups in total. The minimum absolute atomic E-state index is 0.0124. The van der Waals surface area contributed by atoms with E-state index in [2.05, 4.69) is 21.5 Å². The van der Waals surface area contributed by atoms with E-state index in [-0.39, 0.29) is 11.6 Å². The van der Waals surface area contributed by atoms with E-state index in [1.807, 2.05) is 43.5 Å². The fourth-order valence-electron chi connectivity index (χ4n) is 3.90. The van der Waals surface area contributed by atoms with Gasteiger partial charge in [0.05, 0.1) is 30.1 Å². The molecule has 0 bridgehead atoms. The van der Waals surface area contributed by atoms with Gasteiger partial charge in [0, 0.05) is 36.6 Å². The van der Waals surface area contributed by atoms with E-state index in [9.17, 15) is 4.79 Å². The monoisotopic (exact) mass is 415 g/mol. The number of hydrogen-bond donors (Lipinski definition) is 0. The SMILES string of the molecule is Cc1cc(-c2nc3cnc(OCC4CC4)cc3n2C(C)c2ccccn2)cn(C)c1=O. The van der Waals surface area contributed by atoms with Gasteiger partial charge in [-0.1, -0.05) is 6.07 Å². The van der Waals surface area contributed by atoms with E-state index < -0.39 is 0 Å². The number of hydrogen-bond acceptors (Lipinski definition) is 5. The van der Waals surface area contributed by atoms with E-state index in [1.54, 1.807) is 24.0 Å². The van der Waals surface area contributed by atoms with Crippen LogP contribution < -0.4 is 10.3 Å². The first-order valence-corrected chi connectivity index (χ1v) is 10.6. The van der Waals surface area contributed by atoms with Gasteiger partial charge in [0.15, 0.2) is 0 Å². The molecular weight excluding hydrogens is 390 g/mol.